The Morgan fingerprint density at radius 3 is 2.10 bits per heavy atom. The monoisotopic (exact) mass is 145 g/mol. The van der Waals surface area contributed by atoms with E-state index in [0.717, 1.165) is 0 Å². The molecule has 0 aliphatic heterocycles. The Kier molecular flexibility index (Phi) is 2.05. The SMILES string of the molecule is N[C@H]1C=C[C@H](O)[C@@H](O)[C@@H]1O. The lowest BCUT2D eigenvalue weighted by molar-refractivity contribution is -0.0518. The lowest BCUT2D eigenvalue weighted by Gasteiger charge is -2.28. The van der Waals surface area contributed by atoms with Gasteiger partial charge in [0.2, 0.25) is 0 Å². The maximum atomic E-state index is 9.03. The zero-order chi connectivity index (χ0) is 7.72. The number of hydrogen-bond acceptors (Lipinski definition) is 4. The topological polar surface area (TPSA) is 86.7 Å². The molecule has 58 valence electrons. The smallest absolute Gasteiger partial charge is 0.111 e. The minimum absolute atomic E-state index is 0.571. The zero-order valence-electron chi connectivity index (χ0n) is 5.38. The first-order valence-corrected chi connectivity index (χ1v) is 3.11. The van der Waals surface area contributed by atoms with Crippen molar-refractivity contribution in [3.63, 3.8) is 0 Å². The van der Waals surface area contributed by atoms with Gasteiger partial charge in [0.25, 0.3) is 0 Å². The van der Waals surface area contributed by atoms with Crippen molar-refractivity contribution >= 4 is 0 Å². The van der Waals surface area contributed by atoms with E-state index in [2.05, 4.69) is 0 Å². The third-order valence-electron chi connectivity index (χ3n) is 1.62. The van der Waals surface area contributed by atoms with Gasteiger partial charge >= 0.3 is 0 Å². The molecule has 4 heteroatoms. The molecule has 0 aromatic rings. The second-order valence-corrected chi connectivity index (χ2v) is 2.43. The van der Waals surface area contributed by atoms with E-state index in [-0.39, 0.29) is 0 Å². The summed E-state index contributed by atoms with van der Waals surface area (Å²) in [4.78, 5) is 0. The molecule has 0 bridgehead atoms. The standard InChI is InChI=1S/C6H11NO3/c7-3-1-2-4(8)6(10)5(3)9/h1-6,8-10H,7H2/t3-,4-,5+,6+/m0/s1. The average molecular weight is 145 g/mol. The molecule has 0 aromatic heterocycles. The summed E-state index contributed by atoms with van der Waals surface area (Å²) in [5.41, 5.74) is 5.32. The average Bonchev–Trinajstić information content (AvgIpc) is 1.93. The van der Waals surface area contributed by atoms with Crippen molar-refractivity contribution in [2.75, 3.05) is 0 Å². The van der Waals surface area contributed by atoms with Gasteiger partial charge in [0, 0.05) is 0 Å². The van der Waals surface area contributed by atoms with Gasteiger partial charge in [-0.2, -0.15) is 0 Å². The van der Waals surface area contributed by atoms with Crippen molar-refractivity contribution in [1.82, 2.24) is 0 Å². The van der Waals surface area contributed by atoms with Gasteiger partial charge in [0.1, 0.15) is 18.3 Å². The van der Waals surface area contributed by atoms with Crippen molar-refractivity contribution < 1.29 is 15.3 Å². The Morgan fingerprint density at radius 2 is 1.60 bits per heavy atom. The molecule has 10 heavy (non-hydrogen) atoms. The van der Waals surface area contributed by atoms with Gasteiger partial charge in [-0.05, 0) is 0 Å². The molecule has 1 aliphatic carbocycles. The van der Waals surface area contributed by atoms with Crippen LogP contribution < -0.4 is 5.73 Å². The van der Waals surface area contributed by atoms with Crippen molar-refractivity contribution in [1.29, 1.82) is 0 Å². The Balaban J connectivity index is 2.69. The summed E-state index contributed by atoms with van der Waals surface area (Å²) in [5, 5.41) is 26.9. The molecule has 0 radical (unpaired) electrons. The van der Waals surface area contributed by atoms with Crippen LogP contribution in [0.5, 0.6) is 0 Å². The summed E-state index contributed by atoms with van der Waals surface area (Å²) in [5.74, 6) is 0. The Bertz CT molecular complexity index is 132. The summed E-state index contributed by atoms with van der Waals surface area (Å²) >= 11 is 0. The van der Waals surface area contributed by atoms with E-state index < -0.39 is 24.4 Å². The minimum Gasteiger partial charge on any atom is -0.388 e. The quantitative estimate of drug-likeness (QED) is 0.296. The number of aliphatic hydroxyl groups is 3. The highest BCUT2D eigenvalue weighted by Crippen LogP contribution is 2.11. The molecule has 1 aliphatic rings. The highest BCUT2D eigenvalue weighted by Gasteiger charge is 2.30. The summed E-state index contributed by atoms with van der Waals surface area (Å²) < 4.78 is 0. The molecular weight excluding hydrogens is 134 g/mol. The second-order valence-electron chi connectivity index (χ2n) is 2.43. The van der Waals surface area contributed by atoms with E-state index in [0.29, 0.717) is 0 Å². The molecule has 5 N–H and O–H groups in total. The van der Waals surface area contributed by atoms with Gasteiger partial charge in [0.05, 0.1) is 6.04 Å². The largest absolute Gasteiger partial charge is 0.388 e. The van der Waals surface area contributed by atoms with E-state index in [9.17, 15) is 0 Å². The first kappa shape index (κ1) is 7.68. The van der Waals surface area contributed by atoms with E-state index in [1.54, 1.807) is 0 Å². The Morgan fingerprint density at radius 1 is 1.00 bits per heavy atom. The van der Waals surface area contributed by atoms with Gasteiger partial charge in [-0.15, -0.1) is 0 Å². The molecule has 4 atom stereocenters. The summed E-state index contributed by atoms with van der Waals surface area (Å²) in [6, 6.07) is -0.571. The van der Waals surface area contributed by atoms with Crippen molar-refractivity contribution in [2.24, 2.45) is 5.73 Å². The summed E-state index contributed by atoms with van der Waals surface area (Å²) in [6.45, 7) is 0. The molecular formula is C6H11NO3. The molecule has 0 spiro atoms. The molecule has 0 unspecified atom stereocenters. The van der Waals surface area contributed by atoms with Crippen LogP contribution in [0.4, 0.5) is 0 Å². The molecule has 0 fully saturated rings. The highest BCUT2D eigenvalue weighted by atomic mass is 16.4. The van der Waals surface area contributed by atoms with Crippen LogP contribution in [0.2, 0.25) is 0 Å². The Hall–Kier alpha value is -0.420. The lowest BCUT2D eigenvalue weighted by Crippen LogP contribution is -2.49. The molecule has 0 saturated heterocycles. The van der Waals surface area contributed by atoms with Gasteiger partial charge in [-0.3, -0.25) is 0 Å². The van der Waals surface area contributed by atoms with Crippen LogP contribution in [-0.2, 0) is 0 Å². The molecule has 4 nitrogen and oxygen atoms in total. The fraction of sp³-hybridized carbons (Fsp3) is 0.667. The first-order valence-electron chi connectivity index (χ1n) is 3.11. The maximum absolute atomic E-state index is 9.03. The van der Waals surface area contributed by atoms with Crippen molar-refractivity contribution in [3.8, 4) is 0 Å². The van der Waals surface area contributed by atoms with Crippen molar-refractivity contribution in [3.05, 3.63) is 12.2 Å². The summed E-state index contributed by atoms with van der Waals surface area (Å²) in [6.07, 6.45) is -0.348. The maximum Gasteiger partial charge on any atom is 0.111 e. The third kappa shape index (κ3) is 1.19. The van der Waals surface area contributed by atoms with Crippen molar-refractivity contribution in [2.45, 2.75) is 24.4 Å². The van der Waals surface area contributed by atoms with Crippen LogP contribution in [0.25, 0.3) is 0 Å². The lowest BCUT2D eigenvalue weighted by atomic mass is 9.95. The number of nitrogens with two attached hydrogens (primary N) is 1. The molecule has 0 saturated carbocycles. The minimum atomic E-state index is -1.15. The molecule has 0 aromatic carbocycles. The van der Waals surface area contributed by atoms with E-state index in [4.69, 9.17) is 21.1 Å². The van der Waals surface area contributed by atoms with Crippen LogP contribution in [-0.4, -0.2) is 39.7 Å². The third-order valence-corrected chi connectivity index (χ3v) is 1.62. The Labute approximate surface area is 58.6 Å². The van der Waals surface area contributed by atoms with Crippen LogP contribution in [0.3, 0.4) is 0 Å². The highest BCUT2D eigenvalue weighted by molar-refractivity contribution is 5.09. The van der Waals surface area contributed by atoms with Crippen LogP contribution in [0, 0.1) is 0 Å². The molecule has 1 rings (SSSR count). The van der Waals surface area contributed by atoms with Crippen LogP contribution in [0.1, 0.15) is 0 Å². The van der Waals surface area contributed by atoms with E-state index in [1.807, 2.05) is 0 Å². The number of rotatable bonds is 0. The zero-order valence-corrected chi connectivity index (χ0v) is 5.38. The fourth-order valence-electron chi connectivity index (χ4n) is 0.900. The van der Waals surface area contributed by atoms with Gasteiger partial charge in [-0.1, -0.05) is 12.2 Å². The molecule has 0 heterocycles. The fourth-order valence-corrected chi connectivity index (χ4v) is 0.900. The second kappa shape index (κ2) is 2.67. The van der Waals surface area contributed by atoms with Crippen LogP contribution in [0.15, 0.2) is 12.2 Å². The van der Waals surface area contributed by atoms with E-state index in [1.165, 1.54) is 12.2 Å². The first-order chi connectivity index (χ1) is 4.63. The summed E-state index contributed by atoms with van der Waals surface area (Å²) in [7, 11) is 0. The number of aliphatic hydroxyl groups excluding tert-OH is 3. The van der Waals surface area contributed by atoms with Gasteiger partial charge in [-0.25, -0.2) is 0 Å². The predicted octanol–water partition coefficient (Wildman–Crippen LogP) is -2.03. The van der Waals surface area contributed by atoms with Crippen LogP contribution >= 0.6 is 0 Å². The normalized spacial score (nSPS) is 47.6. The molecule has 0 amide bonds. The van der Waals surface area contributed by atoms with Gasteiger partial charge < -0.3 is 21.1 Å². The number of hydrogen-bond donors (Lipinski definition) is 4. The van der Waals surface area contributed by atoms with Gasteiger partial charge in [0.15, 0.2) is 0 Å². The predicted molar refractivity (Wildman–Crippen MR) is 35.1 cm³/mol. The van der Waals surface area contributed by atoms with E-state index >= 15 is 0 Å².